The van der Waals surface area contributed by atoms with E-state index in [2.05, 4.69) is 4.98 Å². The minimum atomic E-state index is -4.31. The maximum Gasteiger partial charge on any atom is 0.330 e. The van der Waals surface area contributed by atoms with Crippen LogP contribution in [-0.2, 0) is 26.5 Å². The highest BCUT2D eigenvalue weighted by Gasteiger charge is 2.18. The monoisotopic (exact) mass is 291 g/mol. The molecule has 0 saturated carbocycles. The smallest absolute Gasteiger partial charge is 0.286 e. The van der Waals surface area contributed by atoms with E-state index < -0.39 is 31.5 Å². The van der Waals surface area contributed by atoms with E-state index in [9.17, 15) is 16.8 Å². The lowest BCUT2D eigenvalue weighted by Crippen LogP contribution is -2.16. The lowest BCUT2D eigenvalue weighted by molar-refractivity contribution is 0.484. The first-order valence-corrected chi connectivity index (χ1v) is 8.08. The molecule has 1 aromatic carbocycles. The zero-order chi connectivity index (χ0) is 13.8. The largest absolute Gasteiger partial charge is 0.330 e. The van der Waals surface area contributed by atoms with E-state index in [1.807, 2.05) is 0 Å². The molecule has 7 nitrogen and oxygen atoms in total. The summed E-state index contributed by atoms with van der Waals surface area (Å²) in [6.45, 7) is 0.0470. The first kappa shape index (κ1) is 14.6. The van der Waals surface area contributed by atoms with Gasteiger partial charge in [0.2, 0.25) is 5.39 Å². The maximum absolute atomic E-state index is 11.7. The first-order valence-electron chi connectivity index (χ1n) is 4.82. The van der Waals surface area contributed by atoms with Crippen LogP contribution in [0.15, 0.2) is 29.2 Å². The van der Waals surface area contributed by atoms with Crippen LogP contribution in [0.4, 0.5) is 0 Å². The van der Waals surface area contributed by atoms with E-state index in [0.717, 1.165) is 0 Å². The molecule has 0 bridgehead atoms. The summed E-state index contributed by atoms with van der Waals surface area (Å²) < 4.78 is 52.9. The van der Waals surface area contributed by atoms with E-state index >= 15 is 0 Å². The second-order valence-electron chi connectivity index (χ2n) is 3.55. The molecular formula is C9H11N2O5S2+. The predicted molar refractivity (Wildman–Crippen MR) is 63.7 cm³/mol. The van der Waals surface area contributed by atoms with Gasteiger partial charge >= 0.3 is 6.54 Å². The van der Waals surface area contributed by atoms with Crippen molar-refractivity contribution in [2.75, 3.05) is 11.5 Å². The average molecular weight is 291 g/mol. The Labute approximate surface area is 105 Å². The molecule has 0 aliphatic heterocycles. The van der Waals surface area contributed by atoms with Crippen molar-refractivity contribution < 1.29 is 21.4 Å². The molecule has 0 aliphatic rings. The topological polar surface area (TPSA) is 117 Å². The van der Waals surface area contributed by atoms with Gasteiger partial charge in [0.25, 0.3) is 10.1 Å². The van der Waals surface area contributed by atoms with Gasteiger partial charge in [-0.2, -0.15) is 8.42 Å². The summed E-state index contributed by atoms with van der Waals surface area (Å²) in [4.78, 5) is 2.86. The maximum atomic E-state index is 11.7. The molecular weight excluding hydrogens is 280 g/mol. The predicted octanol–water partition coefficient (Wildman–Crippen LogP) is 0.701. The fraction of sp³-hybridized carbons (Fsp3) is 0.333. The van der Waals surface area contributed by atoms with Crippen molar-refractivity contribution in [2.45, 2.75) is 11.4 Å². The van der Waals surface area contributed by atoms with Crippen LogP contribution >= 0.6 is 0 Å². The number of benzene rings is 1. The van der Waals surface area contributed by atoms with Gasteiger partial charge < -0.3 is 0 Å². The Hall–Kier alpha value is -1.50. The van der Waals surface area contributed by atoms with Gasteiger partial charge in [-0.15, -0.1) is 0 Å². The Balaban J connectivity index is 2.89. The molecule has 0 heterocycles. The number of sulfone groups is 1. The Morgan fingerprint density at radius 1 is 1.06 bits per heavy atom. The molecule has 1 rings (SSSR count). The van der Waals surface area contributed by atoms with Crippen LogP contribution in [-0.4, -0.2) is 32.9 Å². The van der Waals surface area contributed by atoms with Gasteiger partial charge in [0, 0.05) is 5.56 Å². The van der Waals surface area contributed by atoms with Crippen molar-refractivity contribution in [1.29, 1.82) is 5.39 Å². The molecule has 1 N–H and O–H groups in total. The van der Waals surface area contributed by atoms with E-state index in [-0.39, 0.29) is 11.4 Å². The molecule has 0 aliphatic carbocycles. The van der Waals surface area contributed by atoms with Gasteiger partial charge in [-0.3, -0.25) is 4.55 Å². The molecule has 98 valence electrons. The standard InChI is InChI=1S/C9H10N2O5S2/c10-11-7-8-1-3-9(4-2-8)17(12,13)5-6-18(14,15)16/h1-4H,5-7H2/p+1. The van der Waals surface area contributed by atoms with Gasteiger partial charge in [0.15, 0.2) is 9.84 Å². The summed E-state index contributed by atoms with van der Waals surface area (Å²) in [5, 5.41) is 8.33. The van der Waals surface area contributed by atoms with Crippen molar-refractivity contribution in [2.24, 2.45) is 0 Å². The fourth-order valence-corrected chi connectivity index (χ4v) is 3.72. The van der Waals surface area contributed by atoms with Crippen molar-refractivity contribution in [3.05, 3.63) is 34.8 Å². The van der Waals surface area contributed by atoms with E-state index in [0.29, 0.717) is 5.56 Å². The van der Waals surface area contributed by atoms with Crippen molar-refractivity contribution in [3.8, 4) is 0 Å². The molecule has 0 atom stereocenters. The second-order valence-corrected chi connectivity index (χ2v) is 7.23. The Kier molecular flexibility index (Phi) is 4.39. The number of rotatable bonds is 5. The fourth-order valence-electron chi connectivity index (χ4n) is 1.22. The number of diazo groups is 1. The summed E-state index contributed by atoms with van der Waals surface area (Å²) in [6.07, 6.45) is 0. The summed E-state index contributed by atoms with van der Waals surface area (Å²) in [7, 11) is -8.07. The molecule has 0 aromatic heterocycles. The molecule has 0 fully saturated rings. The van der Waals surface area contributed by atoms with Crippen LogP contribution in [0.3, 0.4) is 0 Å². The van der Waals surface area contributed by atoms with Crippen LogP contribution in [0.25, 0.3) is 4.98 Å². The van der Waals surface area contributed by atoms with Gasteiger partial charge in [-0.05, 0) is 24.3 Å². The van der Waals surface area contributed by atoms with Crippen LogP contribution in [0.2, 0.25) is 0 Å². The molecule has 0 amide bonds. The van der Waals surface area contributed by atoms with Crippen LogP contribution in [0.5, 0.6) is 0 Å². The van der Waals surface area contributed by atoms with Gasteiger partial charge in [0.05, 0.1) is 16.4 Å². The molecule has 0 saturated heterocycles. The van der Waals surface area contributed by atoms with Gasteiger partial charge in [-0.1, -0.05) is 0 Å². The number of hydrogen-bond donors (Lipinski definition) is 1. The zero-order valence-electron chi connectivity index (χ0n) is 9.22. The zero-order valence-corrected chi connectivity index (χ0v) is 10.9. The molecule has 0 unspecified atom stereocenters. The first-order chi connectivity index (χ1) is 8.24. The summed E-state index contributed by atoms with van der Waals surface area (Å²) in [6, 6.07) is 5.50. The van der Waals surface area contributed by atoms with Crippen LogP contribution in [0.1, 0.15) is 5.56 Å². The lowest BCUT2D eigenvalue weighted by atomic mass is 10.2. The normalized spacial score (nSPS) is 12.0. The van der Waals surface area contributed by atoms with Gasteiger partial charge in [-0.25, -0.2) is 8.42 Å². The Morgan fingerprint density at radius 3 is 2.06 bits per heavy atom. The molecule has 0 spiro atoms. The van der Waals surface area contributed by atoms with Crippen LogP contribution in [0, 0.1) is 5.39 Å². The molecule has 1 aromatic rings. The molecule has 9 heteroatoms. The quantitative estimate of drug-likeness (QED) is 0.630. The summed E-state index contributed by atoms with van der Waals surface area (Å²) >= 11 is 0. The van der Waals surface area contributed by atoms with E-state index in [4.69, 9.17) is 9.95 Å². The summed E-state index contributed by atoms with van der Waals surface area (Å²) in [5.74, 6) is -1.53. The SMILES string of the molecule is N#[N+]Cc1ccc(S(=O)(=O)CCS(=O)(=O)O)cc1. The van der Waals surface area contributed by atoms with E-state index in [1.165, 1.54) is 24.3 Å². The highest BCUT2D eigenvalue weighted by molar-refractivity contribution is 7.93. The number of nitrogens with zero attached hydrogens (tertiary/aromatic N) is 2. The molecule has 0 radical (unpaired) electrons. The average Bonchev–Trinajstić information content (AvgIpc) is 2.27. The van der Waals surface area contributed by atoms with Crippen molar-refractivity contribution in [3.63, 3.8) is 0 Å². The van der Waals surface area contributed by atoms with Crippen molar-refractivity contribution >= 4 is 20.0 Å². The second kappa shape index (κ2) is 5.43. The minimum absolute atomic E-state index is 0.0470. The summed E-state index contributed by atoms with van der Waals surface area (Å²) in [5.41, 5.74) is 0.617. The van der Waals surface area contributed by atoms with Gasteiger partial charge in [0.1, 0.15) is 4.98 Å². The third kappa shape index (κ3) is 4.40. The highest BCUT2D eigenvalue weighted by Crippen LogP contribution is 2.13. The Morgan fingerprint density at radius 2 is 1.61 bits per heavy atom. The Bertz CT molecular complexity index is 656. The third-order valence-electron chi connectivity index (χ3n) is 2.15. The highest BCUT2D eigenvalue weighted by atomic mass is 32.2. The minimum Gasteiger partial charge on any atom is -0.286 e. The van der Waals surface area contributed by atoms with Crippen molar-refractivity contribution in [1.82, 2.24) is 0 Å². The third-order valence-corrected chi connectivity index (χ3v) is 4.86. The van der Waals surface area contributed by atoms with Crippen LogP contribution < -0.4 is 0 Å². The van der Waals surface area contributed by atoms with E-state index in [1.54, 1.807) is 0 Å². The molecule has 18 heavy (non-hydrogen) atoms. The number of hydrogen-bond acceptors (Lipinski definition) is 5. The lowest BCUT2D eigenvalue weighted by Gasteiger charge is -2.03.